The van der Waals surface area contributed by atoms with Gasteiger partial charge in [-0.2, -0.15) is 0 Å². The molecule has 2 aromatic carbocycles. The van der Waals surface area contributed by atoms with Crippen LogP contribution in [0.2, 0.25) is 0 Å². The van der Waals surface area contributed by atoms with E-state index in [-0.39, 0.29) is 11.4 Å². The number of nitrogens with zero attached hydrogens (tertiary/aromatic N) is 1. The number of halogens is 1. The number of rotatable bonds is 4. The fraction of sp³-hybridized carbons (Fsp3) is 0.273. The molecule has 0 spiro atoms. The van der Waals surface area contributed by atoms with Crippen molar-refractivity contribution in [3.8, 4) is 5.75 Å². The third kappa shape index (κ3) is 4.92. The number of methoxy groups -OCH3 is 1. The first-order chi connectivity index (χ1) is 13.3. The van der Waals surface area contributed by atoms with Crippen molar-refractivity contribution in [2.24, 2.45) is 8.62 Å². The first-order valence-corrected chi connectivity index (χ1v) is 12.2. The molecule has 0 atom stereocenters. The van der Waals surface area contributed by atoms with Crippen LogP contribution in [0.1, 0.15) is 26.3 Å². The minimum atomic E-state index is -2.06. The molecule has 0 unspecified atom stereocenters. The van der Waals surface area contributed by atoms with Gasteiger partial charge in [-0.25, -0.2) is 0 Å². The molecule has 0 saturated carbocycles. The SMILES string of the molecule is COc1ccc(NC(=O)NC2=CC(C(C)(C)C)=NI2c2ccc(C)cc2)cc1. The molecule has 2 aromatic rings. The number of ether oxygens (including phenoxy) is 1. The van der Waals surface area contributed by atoms with E-state index >= 15 is 0 Å². The van der Waals surface area contributed by atoms with Crippen molar-refractivity contribution < 1.29 is 9.53 Å². The number of urea groups is 1. The average Bonchev–Trinajstić information content (AvgIpc) is 3.07. The molecule has 0 fully saturated rings. The van der Waals surface area contributed by atoms with Gasteiger partial charge in [0.15, 0.2) is 0 Å². The van der Waals surface area contributed by atoms with Crippen molar-refractivity contribution in [3.63, 3.8) is 0 Å². The first kappa shape index (κ1) is 20.4. The summed E-state index contributed by atoms with van der Waals surface area (Å²) in [4.78, 5) is 12.6. The van der Waals surface area contributed by atoms with Crippen molar-refractivity contribution in [3.05, 3.63) is 67.4 Å². The second-order valence-corrected chi connectivity index (χ2v) is 12.0. The molecule has 0 aromatic heterocycles. The summed E-state index contributed by atoms with van der Waals surface area (Å²) in [6.45, 7) is 8.51. The number of carbonyl (C=O) groups excluding carboxylic acids is 1. The van der Waals surface area contributed by atoms with E-state index in [4.69, 9.17) is 7.94 Å². The van der Waals surface area contributed by atoms with E-state index in [0.29, 0.717) is 5.69 Å². The fourth-order valence-corrected chi connectivity index (χ4v) is 7.24. The first-order valence-electron chi connectivity index (χ1n) is 9.06. The van der Waals surface area contributed by atoms with Crippen LogP contribution < -0.4 is 15.4 Å². The number of hydrogen-bond donors (Lipinski definition) is 2. The molecular weight excluding hydrogens is 465 g/mol. The molecule has 0 radical (unpaired) electrons. The second-order valence-electron chi connectivity index (χ2n) is 7.58. The van der Waals surface area contributed by atoms with Crippen molar-refractivity contribution in [1.29, 1.82) is 0 Å². The minimum absolute atomic E-state index is 0.0592. The van der Waals surface area contributed by atoms with Gasteiger partial charge in [-0.15, -0.1) is 0 Å². The van der Waals surface area contributed by atoms with Crippen LogP contribution in [0.25, 0.3) is 0 Å². The van der Waals surface area contributed by atoms with Gasteiger partial charge in [-0.3, -0.25) is 0 Å². The molecule has 6 heteroatoms. The molecule has 2 amide bonds. The topological polar surface area (TPSA) is 62.7 Å². The molecular formula is C22H26IN3O2. The Kier molecular flexibility index (Phi) is 6.07. The molecule has 1 heterocycles. The molecule has 28 heavy (non-hydrogen) atoms. The third-order valence-corrected chi connectivity index (χ3v) is 8.78. The van der Waals surface area contributed by atoms with E-state index in [1.54, 1.807) is 7.11 Å². The summed E-state index contributed by atoms with van der Waals surface area (Å²) in [7, 11) is 1.62. The summed E-state index contributed by atoms with van der Waals surface area (Å²) in [5.41, 5.74) is 2.91. The predicted octanol–water partition coefficient (Wildman–Crippen LogP) is 5.76. The summed E-state index contributed by atoms with van der Waals surface area (Å²) in [6.07, 6.45) is 2.05. The normalized spacial score (nSPS) is 15.0. The zero-order valence-electron chi connectivity index (χ0n) is 16.8. The van der Waals surface area contributed by atoms with E-state index in [9.17, 15) is 4.79 Å². The molecule has 3 rings (SSSR count). The molecule has 2 N–H and O–H groups in total. The number of hydrogen-bond acceptors (Lipinski definition) is 3. The van der Waals surface area contributed by atoms with Crippen molar-refractivity contribution in [2.75, 3.05) is 12.4 Å². The number of aryl methyl sites for hydroxylation is 1. The van der Waals surface area contributed by atoms with Crippen LogP contribution in [0.5, 0.6) is 5.75 Å². The molecule has 1 aliphatic heterocycles. The Balaban J connectivity index is 1.78. The molecule has 0 aliphatic carbocycles. The molecule has 5 nitrogen and oxygen atoms in total. The third-order valence-electron chi connectivity index (χ3n) is 4.20. The Morgan fingerprint density at radius 1 is 1.00 bits per heavy atom. The number of anilines is 1. The summed E-state index contributed by atoms with van der Waals surface area (Å²) in [6, 6.07) is 15.5. The summed E-state index contributed by atoms with van der Waals surface area (Å²) < 4.78 is 12.3. The van der Waals surface area contributed by atoms with Crippen LogP contribution in [-0.2, 0) is 0 Å². The van der Waals surface area contributed by atoms with Gasteiger partial charge in [0.25, 0.3) is 0 Å². The summed E-state index contributed by atoms with van der Waals surface area (Å²) >= 11 is -2.06. The second kappa shape index (κ2) is 8.34. The van der Waals surface area contributed by atoms with Crippen molar-refractivity contribution in [1.82, 2.24) is 5.32 Å². The summed E-state index contributed by atoms with van der Waals surface area (Å²) in [5.74, 6) is 0.750. The van der Waals surface area contributed by atoms with E-state index in [0.717, 1.165) is 15.2 Å². The monoisotopic (exact) mass is 491 g/mol. The quantitative estimate of drug-likeness (QED) is 0.422. The zero-order chi connectivity index (χ0) is 20.3. The Labute approximate surface area is 174 Å². The van der Waals surface area contributed by atoms with Gasteiger partial charge in [0, 0.05) is 0 Å². The Hall–Kier alpha value is -2.35. The molecule has 1 aliphatic rings. The van der Waals surface area contributed by atoms with Crippen LogP contribution in [0.15, 0.2) is 61.5 Å². The zero-order valence-corrected chi connectivity index (χ0v) is 19.0. The maximum atomic E-state index is 12.6. The maximum absolute atomic E-state index is 12.6. The van der Waals surface area contributed by atoms with E-state index < -0.39 is 20.1 Å². The number of nitrogens with one attached hydrogen (secondary N) is 2. The van der Waals surface area contributed by atoms with E-state index in [1.807, 2.05) is 24.3 Å². The predicted molar refractivity (Wildman–Crippen MR) is 124 cm³/mol. The number of allylic oxidation sites excluding steroid dienone is 1. The molecule has 148 valence electrons. The fourth-order valence-electron chi connectivity index (χ4n) is 2.52. The van der Waals surface area contributed by atoms with Gasteiger partial charge in [0.2, 0.25) is 0 Å². The standard InChI is InChI=1S/C22H26IN3O2/c1-15-6-8-16(9-7-15)23-20(14-19(26-23)22(2,3)4)25-21(27)24-17-10-12-18(28-5)13-11-17/h6-14H,1-5H3,(H2,24,25,27). The number of amides is 2. The van der Waals surface area contributed by atoms with Gasteiger partial charge in [-0.1, -0.05) is 0 Å². The molecule has 0 saturated heterocycles. The van der Waals surface area contributed by atoms with Crippen molar-refractivity contribution >= 4 is 37.5 Å². The van der Waals surface area contributed by atoms with Gasteiger partial charge >= 0.3 is 174 Å². The average molecular weight is 491 g/mol. The Morgan fingerprint density at radius 3 is 2.21 bits per heavy atom. The van der Waals surface area contributed by atoms with Crippen LogP contribution in [0.4, 0.5) is 10.5 Å². The Bertz CT molecular complexity index is 910. The van der Waals surface area contributed by atoms with Gasteiger partial charge in [-0.05, 0) is 0 Å². The van der Waals surface area contributed by atoms with Crippen LogP contribution in [0.3, 0.4) is 0 Å². The molecule has 0 bridgehead atoms. The van der Waals surface area contributed by atoms with Gasteiger partial charge in [0.1, 0.15) is 0 Å². The van der Waals surface area contributed by atoms with Crippen LogP contribution in [-0.4, -0.2) is 18.9 Å². The Morgan fingerprint density at radius 2 is 1.64 bits per heavy atom. The van der Waals surface area contributed by atoms with E-state index in [2.05, 4.69) is 68.7 Å². The number of benzene rings is 2. The number of carbonyl (C=O) groups is 1. The van der Waals surface area contributed by atoms with Crippen molar-refractivity contribution in [2.45, 2.75) is 27.7 Å². The van der Waals surface area contributed by atoms with Crippen LogP contribution in [0, 0.1) is 15.9 Å². The van der Waals surface area contributed by atoms with Crippen LogP contribution >= 0.6 is 20.1 Å². The van der Waals surface area contributed by atoms with Gasteiger partial charge in [0.05, 0.1) is 0 Å². The van der Waals surface area contributed by atoms with E-state index in [1.165, 1.54) is 9.13 Å². The summed E-state index contributed by atoms with van der Waals surface area (Å²) in [5, 5.41) is 5.94. The van der Waals surface area contributed by atoms with Gasteiger partial charge < -0.3 is 0 Å².